The number of nitrogens with one attached hydrogen (secondary N) is 1. The van der Waals surface area contributed by atoms with Crippen molar-refractivity contribution in [1.82, 2.24) is 5.32 Å². The minimum absolute atomic E-state index is 0.137. The number of carbonyl (C=O) groups excluding carboxylic acids is 2. The van der Waals surface area contributed by atoms with Crippen molar-refractivity contribution in [2.24, 2.45) is 0 Å². The highest BCUT2D eigenvalue weighted by Gasteiger charge is 2.17. The number of amides is 1. The maximum atomic E-state index is 12.0. The Morgan fingerprint density at radius 3 is 2.26 bits per heavy atom. The number of hydrogen-bond donors (Lipinski definition) is 1. The Morgan fingerprint density at radius 1 is 1.04 bits per heavy atom. The first-order valence-corrected chi connectivity index (χ1v) is 7.36. The Bertz CT molecular complexity index is 653. The van der Waals surface area contributed by atoms with E-state index >= 15 is 0 Å². The minimum Gasteiger partial charge on any atom is -0.445 e. The van der Waals surface area contributed by atoms with Crippen LogP contribution in [0.1, 0.15) is 23.6 Å². The average molecular weight is 309 g/mol. The average Bonchev–Trinajstić information content (AvgIpc) is 2.61. The van der Waals surface area contributed by atoms with Crippen molar-refractivity contribution >= 4 is 11.9 Å². The van der Waals surface area contributed by atoms with Crippen LogP contribution in [0.2, 0.25) is 0 Å². The molecule has 0 spiro atoms. The fourth-order valence-electron chi connectivity index (χ4n) is 2.13. The van der Waals surface area contributed by atoms with E-state index in [2.05, 4.69) is 11.9 Å². The lowest BCUT2D eigenvalue weighted by molar-refractivity contribution is -0.115. The normalized spacial score (nSPS) is 11.3. The second-order valence-electron chi connectivity index (χ2n) is 5.04. The van der Waals surface area contributed by atoms with Crippen LogP contribution in [-0.4, -0.2) is 11.9 Å². The number of hydrogen-bond acceptors (Lipinski definition) is 3. The van der Waals surface area contributed by atoms with E-state index in [1.54, 1.807) is 0 Å². The molecule has 4 heteroatoms. The van der Waals surface area contributed by atoms with E-state index in [9.17, 15) is 9.59 Å². The van der Waals surface area contributed by atoms with Crippen LogP contribution in [0.4, 0.5) is 4.79 Å². The van der Waals surface area contributed by atoms with E-state index in [0.717, 1.165) is 11.1 Å². The van der Waals surface area contributed by atoms with Gasteiger partial charge >= 0.3 is 6.09 Å². The summed E-state index contributed by atoms with van der Waals surface area (Å²) in [4.78, 5) is 23.6. The first kappa shape index (κ1) is 16.5. The molecule has 0 unspecified atom stereocenters. The third-order valence-electron chi connectivity index (χ3n) is 3.34. The van der Waals surface area contributed by atoms with Gasteiger partial charge in [0.25, 0.3) is 0 Å². The van der Waals surface area contributed by atoms with Crippen molar-refractivity contribution in [3.8, 4) is 0 Å². The van der Waals surface area contributed by atoms with Crippen molar-refractivity contribution in [2.45, 2.75) is 19.1 Å². The largest absolute Gasteiger partial charge is 0.445 e. The highest BCUT2D eigenvalue weighted by Crippen LogP contribution is 2.17. The Kier molecular flexibility index (Phi) is 6.12. The molecule has 0 aliphatic carbocycles. The Balaban J connectivity index is 1.97. The van der Waals surface area contributed by atoms with E-state index in [-0.39, 0.29) is 18.8 Å². The van der Waals surface area contributed by atoms with Crippen LogP contribution in [0, 0.1) is 0 Å². The molecule has 1 amide bonds. The lowest BCUT2D eigenvalue weighted by atomic mass is 10.0. The molecule has 0 aromatic heterocycles. The maximum absolute atomic E-state index is 12.0. The van der Waals surface area contributed by atoms with Gasteiger partial charge in [0.15, 0.2) is 5.78 Å². The number of ketones is 1. The molecule has 0 saturated carbocycles. The zero-order chi connectivity index (χ0) is 16.5. The third-order valence-corrected chi connectivity index (χ3v) is 3.34. The number of benzene rings is 2. The van der Waals surface area contributed by atoms with E-state index in [4.69, 9.17) is 4.74 Å². The van der Waals surface area contributed by atoms with Gasteiger partial charge in [0.1, 0.15) is 6.61 Å². The second-order valence-corrected chi connectivity index (χ2v) is 5.04. The summed E-state index contributed by atoms with van der Waals surface area (Å²) in [6.45, 7) is 3.65. The van der Waals surface area contributed by atoms with Crippen molar-refractivity contribution in [2.75, 3.05) is 0 Å². The van der Waals surface area contributed by atoms with Gasteiger partial charge in [0.2, 0.25) is 0 Å². The first-order chi connectivity index (χ1) is 11.2. The molecule has 0 saturated heterocycles. The molecule has 0 fully saturated rings. The van der Waals surface area contributed by atoms with Gasteiger partial charge in [-0.15, -0.1) is 0 Å². The summed E-state index contributed by atoms with van der Waals surface area (Å²) in [6.07, 6.45) is 0.848. The van der Waals surface area contributed by atoms with Crippen LogP contribution in [-0.2, 0) is 16.1 Å². The van der Waals surface area contributed by atoms with Crippen LogP contribution in [0.5, 0.6) is 0 Å². The van der Waals surface area contributed by atoms with Gasteiger partial charge in [-0.25, -0.2) is 4.79 Å². The molecule has 23 heavy (non-hydrogen) atoms. The van der Waals surface area contributed by atoms with Crippen molar-refractivity contribution in [3.63, 3.8) is 0 Å². The van der Waals surface area contributed by atoms with Crippen LogP contribution < -0.4 is 5.32 Å². The minimum atomic E-state index is -0.556. The quantitative estimate of drug-likeness (QED) is 0.791. The Morgan fingerprint density at radius 2 is 1.65 bits per heavy atom. The van der Waals surface area contributed by atoms with Crippen molar-refractivity contribution in [1.29, 1.82) is 0 Å². The number of carbonyl (C=O) groups is 2. The lowest BCUT2D eigenvalue weighted by Crippen LogP contribution is -2.30. The predicted molar refractivity (Wildman–Crippen MR) is 88.8 cm³/mol. The molecule has 0 radical (unpaired) electrons. The molecular formula is C19H19NO3. The van der Waals surface area contributed by atoms with Crippen LogP contribution in [0.25, 0.3) is 0 Å². The standard InChI is InChI=1S/C19H19NO3/c1-2-17(21)13-18(16-11-7-4-8-12-16)20-19(22)23-14-15-9-5-3-6-10-15/h2-12,18H,1,13-14H2,(H,20,22)/t18-/m1/s1. The van der Waals surface area contributed by atoms with E-state index in [1.165, 1.54) is 6.08 Å². The van der Waals surface area contributed by atoms with Gasteiger partial charge < -0.3 is 10.1 Å². The van der Waals surface area contributed by atoms with Gasteiger partial charge in [0.05, 0.1) is 6.04 Å². The van der Waals surface area contributed by atoms with Crippen molar-refractivity contribution < 1.29 is 14.3 Å². The molecule has 4 nitrogen and oxygen atoms in total. The monoisotopic (exact) mass is 309 g/mol. The summed E-state index contributed by atoms with van der Waals surface area (Å²) in [7, 11) is 0. The van der Waals surface area contributed by atoms with Crippen LogP contribution >= 0.6 is 0 Å². The molecule has 2 aromatic rings. The zero-order valence-corrected chi connectivity index (χ0v) is 12.8. The summed E-state index contributed by atoms with van der Waals surface area (Å²) in [5, 5.41) is 2.74. The molecule has 1 atom stereocenters. The fraction of sp³-hybridized carbons (Fsp3) is 0.158. The smallest absolute Gasteiger partial charge is 0.407 e. The molecular weight excluding hydrogens is 290 g/mol. The number of allylic oxidation sites excluding steroid dienone is 1. The summed E-state index contributed by atoms with van der Waals surface area (Å²) in [6, 6.07) is 18.3. The van der Waals surface area contributed by atoms with Crippen LogP contribution in [0.3, 0.4) is 0 Å². The zero-order valence-electron chi connectivity index (χ0n) is 12.8. The van der Waals surface area contributed by atoms with Crippen LogP contribution in [0.15, 0.2) is 73.3 Å². The Labute approximate surface area is 135 Å². The summed E-state index contributed by atoms with van der Waals surface area (Å²) >= 11 is 0. The fourth-order valence-corrected chi connectivity index (χ4v) is 2.13. The number of rotatable bonds is 7. The molecule has 2 aromatic carbocycles. The molecule has 0 aliphatic rings. The molecule has 2 rings (SSSR count). The van der Waals surface area contributed by atoms with Gasteiger partial charge in [-0.2, -0.15) is 0 Å². The number of alkyl carbamates (subject to hydrolysis) is 1. The predicted octanol–water partition coefficient (Wildman–Crippen LogP) is 3.80. The van der Waals surface area contributed by atoms with Gasteiger partial charge in [-0.3, -0.25) is 4.79 Å². The number of ether oxygens (including phenoxy) is 1. The highest BCUT2D eigenvalue weighted by atomic mass is 16.5. The van der Waals surface area contributed by atoms with E-state index < -0.39 is 12.1 Å². The summed E-state index contributed by atoms with van der Waals surface area (Å²) in [5.74, 6) is -0.137. The third kappa shape index (κ3) is 5.43. The topological polar surface area (TPSA) is 55.4 Å². The second kappa shape index (κ2) is 8.54. The van der Waals surface area contributed by atoms with Gasteiger partial charge in [0, 0.05) is 6.42 Å². The van der Waals surface area contributed by atoms with E-state index in [1.807, 2.05) is 60.7 Å². The molecule has 0 aliphatic heterocycles. The van der Waals surface area contributed by atoms with Crippen molar-refractivity contribution in [3.05, 3.63) is 84.4 Å². The summed E-state index contributed by atoms with van der Waals surface area (Å²) < 4.78 is 5.21. The SMILES string of the molecule is C=CC(=O)C[C@@H](NC(=O)OCc1ccccc1)c1ccccc1. The first-order valence-electron chi connectivity index (χ1n) is 7.36. The Hall–Kier alpha value is -2.88. The molecule has 0 heterocycles. The molecule has 118 valence electrons. The van der Waals surface area contributed by atoms with Gasteiger partial charge in [-0.05, 0) is 17.2 Å². The molecule has 1 N–H and O–H groups in total. The van der Waals surface area contributed by atoms with Gasteiger partial charge in [-0.1, -0.05) is 67.2 Å². The highest BCUT2D eigenvalue weighted by molar-refractivity contribution is 5.90. The van der Waals surface area contributed by atoms with E-state index in [0.29, 0.717) is 0 Å². The lowest BCUT2D eigenvalue weighted by Gasteiger charge is -2.18. The maximum Gasteiger partial charge on any atom is 0.407 e. The molecule has 0 bridgehead atoms. The summed E-state index contributed by atoms with van der Waals surface area (Å²) in [5.41, 5.74) is 1.75.